The van der Waals surface area contributed by atoms with Crippen molar-refractivity contribution in [3.63, 3.8) is 0 Å². The van der Waals surface area contributed by atoms with Gasteiger partial charge in [0.25, 0.3) is 5.91 Å². The average molecular weight is 375 g/mol. The molecule has 0 saturated carbocycles. The van der Waals surface area contributed by atoms with E-state index in [1.165, 1.54) is 5.56 Å². The standard InChI is InChI=1S/C24H25NO3/c1-3-27-22-11-7-8-12-23(22)28-17-24(26)25-18(2)19-13-15-21(16-14-19)20-9-5-4-6-10-20/h4-16,18H,3,17H2,1-2H3,(H,25,26)/t18-/m1/s1. The second-order valence-corrected chi connectivity index (χ2v) is 6.45. The summed E-state index contributed by atoms with van der Waals surface area (Å²) in [5, 5.41) is 2.97. The van der Waals surface area contributed by atoms with Gasteiger partial charge in [0.2, 0.25) is 0 Å². The third-order valence-corrected chi connectivity index (χ3v) is 4.40. The van der Waals surface area contributed by atoms with E-state index in [0.29, 0.717) is 18.1 Å². The topological polar surface area (TPSA) is 47.6 Å². The van der Waals surface area contributed by atoms with Gasteiger partial charge in [0.05, 0.1) is 12.6 Å². The molecule has 0 unspecified atom stereocenters. The molecule has 3 rings (SSSR count). The largest absolute Gasteiger partial charge is 0.490 e. The predicted octanol–water partition coefficient (Wildman–Crippen LogP) is 5.01. The maximum Gasteiger partial charge on any atom is 0.258 e. The highest BCUT2D eigenvalue weighted by Crippen LogP contribution is 2.26. The lowest BCUT2D eigenvalue weighted by atomic mass is 10.0. The zero-order chi connectivity index (χ0) is 19.8. The van der Waals surface area contributed by atoms with Crippen LogP contribution in [0.5, 0.6) is 11.5 Å². The normalized spacial score (nSPS) is 11.5. The van der Waals surface area contributed by atoms with Crippen molar-refractivity contribution in [1.29, 1.82) is 0 Å². The number of benzene rings is 3. The first-order valence-corrected chi connectivity index (χ1v) is 9.46. The predicted molar refractivity (Wildman–Crippen MR) is 112 cm³/mol. The molecule has 144 valence electrons. The van der Waals surface area contributed by atoms with E-state index in [1.54, 1.807) is 6.07 Å². The molecular formula is C24H25NO3. The van der Waals surface area contributed by atoms with Crippen LogP contribution in [-0.2, 0) is 4.79 Å². The van der Waals surface area contributed by atoms with Gasteiger partial charge in [-0.05, 0) is 42.7 Å². The maximum atomic E-state index is 12.3. The van der Waals surface area contributed by atoms with Gasteiger partial charge in [0, 0.05) is 0 Å². The Hall–Kier alpha value is -3.27. The van der Waals surface area contributed by atoms with E-state index in [2.05, 4.69) is 29.6 Å². The highest BCUT2D eigenvalue weighted by molar-refractivity contribution is 5.78. The molecule has 0 bridgehead atoms. The molecule has 0 aliphatic carbocycles. The van der Waals surface area contributed by atoms with Gasteiger partial charge in [0.15, 0.2) is 18.1 Å². The monoisotopic (exact) mass is 375 g/mol. The Kier molecular flexibility index (Phi) is 6.68. The number of nitrogens with one attached hydrogen (secondary N) is 1. The Labute approximate surface area is 166 Å². The van der Waals surface area contributed by atoms with Gasteiger partial charge >= 0.3 is 0 Å². The molecule has 4 heteroatoms. The molecule has 0 radical (unpaired) electrons. The molecule has 0 aliphatic heterocycles. The van der Waals surface area contributed by atoms with Gasteiger partial charge in [-0.15, -0.1) is 0 Å². The summed E-state index contributed by atoms with van der Waals surface area (Å²) in [4.78, 5) is 12.3. The van der Waals surface area contributed by atoms with Crippen molar-refractivity contribution in [2.75, 3.05) is 13.2 Å². The molecule has 1 atom stereocenters. The number of amides is 1. The SMILES string of the molecule is CCOc1ccccc1OCC(=O)N[C@H](C)c1ccc(-c2ccccc2)cc1. The molecule has 0 saturated heterocycles. The lowest BCUT2D eigenvalue weighted by Crippen LogP contribution is -2.31. The summed E-state index contributed by atoms with van der Waals surface area (Å²) in [6.45, 7) is 4.36. The zero-order valence-corrected chi connectivity index (χ0v) is 16.2. The Balaban J connectivity index is 1.56. The first kappa shape index (κ1) is 19.5. The van der Waals surface area contributed by atoms with Gasteiger partial charge in [-0.3, -0.25) is 4.79 Å². The first-order chi connectivity index (χ1) is 13.7. The Morgan fingerprint density at radius 2 is 1.39 bits per heavy atom. The van der Waals surface area contributed by atoms with E-state index in [9.17, 15) is 4.79 Å². The molecule has 1 amide bonds. The van der Waals surface area contributed by atoms with Crippen LogP contribution in [0, 0.1) is 0 Å². The molecule has 0 spiro atoms. The molecule has 0 aliphatic rings. The van der Waals surface area contributed by atoms with Crippen LogP contribution in [-0.4, -0.2) is 19.1 Å². The number of rotatable bonds is 8. The second-order valence-electron chi connectivity index (χ2n) is 6.45. The fourth-order valence-corrected chi connectivity index (χ4v) is 2.95. The van der Waals surface area contributed by atoms with Crippen LogP contribution < -0.4 is 14.8 Å². The summed E-state index contributed by atoms with van der Waals surface area (Å²) < 4.78 is 11.1. The minimum Gasteiger partial charge on any atom is -0.490 e. The lowest BCUT2D eigenvalue weighted by molar-refractivity contribution is -0.123. The molecule has 4 nitrogen and oxygen atoms in total. The van der Waals surface area contributed by atoms with E-state index in [1.807, 2.05) is 62.4 Å². The fraction of sp³-hybridized carbons (Fsp3) is 0.208. The molecule has 0 aromatic heterocycles. The van der Waals surface area contributed by atoms with Crippen molar-refractivity contribution in [3.05, 3.63) is 84.4 Å². The number of hydrogen-bond donors (Lipinski definition) is 1. The van der Waals surface area contributed by atoms with Crippen molar-refractivity contribution < 1.29 is 14.3 Å². The van der Waals surface area contributed by atoms with Crippen LogP contribution in [0.2, 0.25) is 0 Å². The summed E-state index contributed by atoms with van der Waals surface area (Å²) in [6.07, 6.45) is 0. The quantitative estimate of drug-likeness (QED) is 0.602. The van der Waals surface area contributed by atoms with Crippen molar-refractivity contribution in [2.45, 2.75) is 19.9 Å². The van der Waals surface area contributed by atoms with E-state index >= 15 is 0 Å². The van der Waals surface area contributed by atoms with E-state index < -0.39 is 0 Å². The number of carbonyl (C=O) groups is 1. The summed E-state index contributed by atoms with van der Waals surface area (Å²) in [6, 6.07) is 25.7. The van der Waals surface area contributed by atoms with Crippen molar-refractivity contribution in [3.8, 4) is 22.6 Å². The van der Waals surface area contributed by atoms with E-state index in [-0.39, 0.29) is 18.6 Å². The molecule has 3 aromatic rings. The molecule has 0 heterocycles. The average Bonchev–Trinajstić information content (AvgIpc) is 2.74. The number of para-hydroxylation sites is 2. The number of carbonyl (C=O) groups excluding carboxylic acids is 1. The molecule has 28 heavy (non-hydrogen) atoms. The smallest absolute Gasteiger partial charge is 0.258 e. The third kappa shape index (κ3) is 5.13. The first-order valence-electron chi connectivity index (χ1n) is 9.46. The maximum absolute atomic E-state index is 12.3. The van der Waals surface area contributed by atoms with Crippen molar-refractivity contribution >= 4 is 5.91 Å². The highest BCUT2D eigenvalue weighted by atomic mass is 16.5. The van der Waals surface area contributed by atoms with E-state index in [4.69, 9.17) is 9.47 Å². The lowest BCUT2D eigenvalue weighted by Gasteiger charge is -2.16. The second kappa shape index (κ2) is 9.60. The molecular weight excluding hydrogens is 350 g/mol. The Morgan fingerprint density at radius 3 is 2.04 bits per heavy atom. The molecule has 3 aromatic carbocycles. The van der Waals surface area contributed by atoms with Gasteiger partial charge in [-0.25, -0.2) is 0 Å². The molecule has 0 fully saturated rings. The van der Waals surface area contributed by atoms with Gasteiger partial charge in [-0.2, -0.15) is 0 Å². The van der Waals surface area contributed by atoms with Gasteiger partial charge in [-0.1, -0.05) is 66.7 Å². The van der Waals surface area contributed by atoms with Gasteiger partial charge in [0.1, 0.15) is 0 Å². The summed E-state index contributed by atoms with van der Waals surface area (Å²) in [5.41, 5.74) is 3.37. The van der Waals surface area contributed by atoms with Crippen molar-refractivity contribution in [1.82, 2.24) is 5.32 Å². The van der Waals surface area contributed by atoms with Crippen LogP contribution in [0.25, 0.3) is 11.1 Å². The fourth-order valence-electron chi connectivity index (χ4n) is 2.95. The number of ether oxygens (including phenoxy) is 2. The minimum atomic E-state index is -0.175. The summed E-state index contributed by atoms with van der Waals surface area (Å²) in [7, 11) is 0. The molecule has 1 N–H and O–H groups in total. The van der Waals surface area contributed by atoms with Crippen LogP contribution in [0.3, 0.4) is 0 Å². The van der Waals surface area contributed by atoms with Crippen LogP contribution >= 0.6 is 0 Å². The summed E-state index contributed by atoms with van der Waals surface area (Å²) in [5.74, 6) is 1.03. The van der Waals surface area contributed by atoms with Crippen LogP contribution in [0.4, 0.5) is 0 Å². The third-order valence-electron chi connectivity index (χ3n) is 4.40. The van der Waals surface area contributed by atoms with Gasteiger partial charge < -0.3 is 14.8 Å². The van der Waals surface area contributed by atoms with Crippen molar-refractivity contribution in [2.24, 2.45) is 0 Å². The summed E-state index contributed by atoms with van der Waals surface area (Å²) >= 11 is 0. The van der Waals surface area contributed by atoms with E-state index in [0.717, 1.165) is 11.1 Å². The number of hydrogen-bond acceptors (Lipinski definition) is 3. The highest BCUT2D eigenvalue weighted by Gasteiger charge is 2.12. The van der Waals surface area contributed by atoms with Crippen LogP contribution in [0.1, 0.15) is 25.5 Å². The van der Waals surface area contributed by atoms with Crippen LogP contribution in [0.15, 0.2) is 78.9 Å². The Morgan fingerprint density at radius 1 is 0.821 bits per heavy atom. The Bertz CT molecular complexity index is 891. The zero-order valence-electron chi connectivity index (χ0n) is 16.2. The minimum absolute atomic E-state index is 0.0590.